The highest BCUT2D eigenvalue weighted by molar-refractivity contribution is 5.54. The average molecular weight is 165 g/mol. The van der Waals surface area contributed by atoms with Gasteiger partial charge in [-0.2, -0.15) is 0 Å². The Kier molecular flexibility index (Phi) is 1.32. The van der Waals surface area contributed by atoms with Crippen LogP contribution in [0.5, 0.6) is 5.75 Å². The fraction of sp³-hybridized carbons (Fsp3) is 0.333. The van der Waals surface area contributed by atoms with Crippen LogP contribution in [0.2, 0.25) is 0 Å². The fourth-order valence-electron chi connectivity index (χ4n) is 1.25. The summed E-state index contributed by atoms with van der Waals surface area (Å²) >= 11 is 0. The van der Waals surface area contributed by atoms with Gasteiger partial charge in [-0.1, -0.05) is 6.07 Å². The number of aromatic hydroxyl groups is 1. The molecule has 0 atom stereocenters. The lowest BCUT2D eigenvalue weighted by atomic mass is 10.1. The van der Waals surface area contributed by atoms with E-state index < -0.39 is 5.60 Å². The molecular weight excluding hydrogens is 154 g/mol. The van der Waals surface area contributed by atoms with Crippen molar-refractivity contribution in [3.8, 4) is 5.75 Å². The molecule has 4 N–H and O–H groups in total. The Morgan fingerprint density at radius 2 is 2.00 bits per heavy atom. The normalized spacial score (nSPS) is 19.1. The Balaban J connectivity index is 2.41. The Bertz CT molecular complexity index is 318. The molecule has 0 aliphatic heterocycles. The van der Waals surface area contributed by atoms with Gasteiger partial charge in [0.2, 0.25) is 0 Å². The van der Waals surface area contributed by atoms with Crippen LogP contribution in [0.3, 0.4) is 0 Å². The summed E-state index contributed by atoms with van der Waals surface area (Å²) in [5, 5.41) is 18.8. The number of phenolic OH excluding ortho intramolecular Hbond substituents is 1. The van der Waals surface area contributed by atoms with E-state index in [0.29, 0.717) is 5.69 Å². The predicted octanol–water partition coefficient (Wildman–Crippen LogP) is 0.956. The molecule has 0 radical (unpaired) electrons. The van der Waals surface area contributed by atoms with Crippen LogP contribution in [0.25, 0.3) is 0 Å². The largest absolute Gasteiger partial charge is 0.506 e. The van der Waals surface area contributed by atoms with Crippen molar-refractivity contribution in [3.63, 3.8) is 0 Å². The third-order valence-electron chi connectivity index (χ3n) is 2.29. The van der Waals surface area contributed by atoms with E-state index in [0.717, 1.165) is 18.4 Å². The SMILES string of the molecule is Nc1cc(C2(O)CC2)ccc1O. The van der Waals surface area contributed by atoms with Crippen molar-refractivity contribution < 1.29 is 10.2 Å². The summed E-state index contributed by atoms with van der Waals surface area (Å²) in [6, 6.07) is 4.85. The van der Waals surface area contributed by atoms with Crippen molar-refractivity contribution in [2.75, 3.05) is 5.73 Å². The van der Waals surface area contributed by atoms with Gasteiger partial charge in [0, 0.05) is 0 Å². The van der Waals surface area contributed by atoms with Gasteiger partial charge in [0.1, 0.15) is 5.75 Å². The summed E-state index contributed by atoms with van der Waals surface area (Å²) in [5.41, 5.74) is 5.95. The van der Waals surface area contributed by atoms with E-state index in [-0.39, 0.29) is 5.75 Å². The van der Waals surface area contributed by atoms with Gasteiger partial charge in [0.25, 0.3) is 0 Å². The van der Waals surface area contributed by atoms with E-state index in [1.807, 2.05) is 0 Å². The topological polar surface area (TPSA) is 66.5 Å². The van der Waals surface area contributed by atoms with Crippen LogP contribution in [0.1, 0.15) is 18.4 Å². The molecule has 0 unspecified atom stereocenters. The fourth-order valence-corrected chi connectivity index (χ4v) is 1.25. The quantitative estimate of drug-likeness (QED) is 0.429. The van der Waals surface area contributed by atoms with Crippen LogP contribution in [0.4, 0.5) is 5.69 Å². The Morgan fingerprint density at radius 3 is 2.50 bits per heavy atom. The van der Waals surface area contributed by atoms with Crippen LogP contribution in [-0.4, -0.2) is 10.2 Å². The molecule has 2 rings (SSSR count). The van der Waals surface area contributed by atoms with Gasteiger partial charge >= 0.3 is 0 Å². The molecule has 0 saturated heterocycles. The molecule has 3 nitrogen and oxygen atoms in total. The second kappa shape index (κ2) is 2.14. The Morgan fingerprint density at radius 1 is 1.33 bits per heavy atom. The number of nitrogens with two attached hydrogens (primary N) is 1. The second-order valence-corrected chi connectivity index (χ2v) is 3.31. The zero-order valence-corrected chi connectivity index (χ0v) is 6.62. The summed E-state index contributed by atoms with van der Waals surface area (Å²) < 4.78 is 0. The predicted molar refractivity (Wildman–Crippen MR) is 45.7 cm³/mol. The number of hydrogen-bond acceptors (Lipinski definition) is 3. The van der Waals surface area contributed by atoms with E-state index in [1.165, 1.54) is 6.07 Å². The molecular formula is C9H11NO2. The third kappa shape index (κ3) is 1.02. The first-order chi connectivity index (χ1) is 5.62. The lowest BCUT2D eigenvalue weighted by molar-refractivity contribution is 0.151. The van der Waals surface area contributed by atoms with Gasteiger partial charge in [-0.15, -0.1) is 0 Å². The molecule has 1 aliphatic carbocycles. The van der Waals surface area contributed by atoms with Crippen LogP contribution in [0.15, 0.2) is 18.2 Å². The smallest absolute Gasteiger partial charge is 0.138 e. The first-order valence-electron chi connectivity index (χ1n) is 3.93. The highest BCUT2D eigenvalue weighted by atomic mass is 16.3. The van der Waals surface area contributed by atoms with Crippen LogP contribution >= 0.6 is 0 Å². The summed E-state index contributed by atoms with van der Waals surface area (Å²) in [4.78, 5) is 0. The monoisotopic (exact) mass is 165 g/mol. The first-order valence-corrected chi connectivity index (χ1v) is 3.93. The standard InChI is InChI=1S/C9H11NO2/c10-7-5-6(1-2-8(7)11)9(12)3-4-9/h1-2,5,11-12H,3-4,10H2. The molecule has 1 fully saturated rings. The van der Waals surface area contributed by atoms with Crippen LogP contribution in [0, 0.1) is 0 Å². The van der Waals surface area contributed by atoms with Crippen molar-refractivity contribution in [1.82, 2.24) is 0 Å². The zero-order valence-electron chi connectivity index (χ0n) is 6.62. The van der Waals surface area contributed by atoms with Crippen LogP contribution < -0.4 is 5.73 Å². The molecule has 64 valence electrons. The van der Waals surface area contributed by atoms with E-state index >= 15 is 0 Å². The highest BCUT2D eigenvalue weighted by Crippen LogP contribution is 2.46. The minimum Gasteiger partial charge on any atom is -0.506 e. The van der Waals surface area contributed by atoms with Crippen LogP contribution in [-0.2, 0) is 5.60 Å². The second-order valence-electron chi connectivity index (χ2n) is 3.31. The van der Waals surface area contributed by atoms with Gasteiger partial charge in [-0.25, -0.2) is 0 Å². The van der Waals surface area contributed by atoms with E-state index in [9.17, 15) is 5.11 Å². The van der Waals surface area contributed by atoms with Crippen molar-refractivity contribution in [2.24, 2.45) is 0 Å². The maximum absolute atomic E-state index is 9.68. The molecule has 1 aliphatic rings. The summed E-state index contributed by atoms with van der Waals surface area (Å²) in [6.07, 6.45) is 1.58. The van der Waals surface area contributed by atoms with E-state index in [4.69, 9.17) is 10.8 Å². The number of anilines is 1. The lowest BCUT2D eigenvalue weighted by Gasteiger charge is -2.08. The summed E-state index contributed by atoms with van der Waals surface area (Å²) in [7, 11) is 0. The Hall–Kier alpha value is -1.22. The molecule has 0 spiro atoms. The van der Waals surface area contributed by atoms with Crippen molar-refractivity contribution in [2.45, 2.75) is 18.4 Å². The number of hydrogen-bond donors (Lipinski definition) is 3. The first kappa shape index (κ1) is 7.43. The highest BCUT2D eigenvalue weighted by Gasteiger charge is 2.42. The number of aliphatic hydroxyl groups is 1. The van der Waals surface area contributed by atoms with Gasteiger partial charge in [0.15, 0.2) is 0 Å². The molecule has 12 heavy (non-hydrogen) atoms. The van der Waals surface area contributed by atoms with Gasteiger partial charge in [0.05, 0.1) is 11.3 Å². The van der Waals surface area contributed by atoms with Gasteiger partial charge in [-0.3, -0.25) is 0 Å². The maximum Gasteiger partial charge on any atom is 0.138 e. The molecule has 3 heteroatoms. The molecule has 1 saturated carbocycles. The lowest BCUT2D eigenvalue weighted by Crippen LogP contribution is -2.04. The third-order valence-corrected chi connectivity index (χ3v) is 2.29. The maximum atomic E-state index is 9.68. The molecule has 1 aromatic carbocycles. The van der Waals surface area contributed by atoms with Gasteiger partial charge in [-0.05, 0) is 30.5 Å². The molecule has 0 heterocycles. The van der Waals surface area contributed by atoms with Crippen molar-refractivity contribution in [3.05, 3.63) is 23.8 Å². The molecule has 1 aromatic rings. The number of benzene rings is 1. The minimum atomic E-state index is -0.665. The summed E-state index contributed by atoms with van der Waals surface area (Å²) in [6.45, 7) is 0. The zero-order chi connectivity index (χ0) is 8.77. The molecule has 0 amide bonds. The van der Waals surface area contributed by atoms with E-state index in [2.05, 4.69) is 0 Å². The number of nitrogen functional groups attached to an aromatic ring is 1. The summed E-state index contributed by atoms with van der Waals surface area (Å²) in [5.74, 6) is 0.0722. The van der Waals surface area contributed by atoms with Gasteiger partial charge < -0.3 is 15.9 Å². The average Bonchev–Trinajstić information content (AvgIpc) is 2.75. The minimum absolute atomic E-state index is 0.0722. The number of rotatable bonds is 1. The van der Waals surface area contributed by atoms with E-state index in [1.54, 1.807) is 12.1 Å². The molecule has 0 bridgehead atoms. The molecule has 0 aromatic heterocycles. The van der Waals surface area contributed by atoms with Crippen molar-refractivity contribution in [1.29, 1.82) is 0 Å². The Labute approximate surface area is 70.4 Å². The van der Waals surface area contributed by atoms with Crippen molar-refractivity contribution >= 4 is 5.69 Å². The number of phenols is 1.